The largest absolute Gasteiger partial charge is 0.405 e. The molecule has 0 aliphatic carbocycles. The van der Waals surface area contributed by atoms with Gasteiger partial charge in [0.05, 0.1) is 0 Å². The third-order valence-electron chi connectivity index (χ3n) is 2.23. The summed E-state index contributed by atoms with van der Waals surface area (Å²) in [5.41, 5.74) is 6.22. The van der Waals surface area contributed by atoms with Crippen LogP contribution in [0, 0.1) is 0 Å². The normalized spacial score (nSPS) is 11.6. The van der Waals surface area contributed by atoms with Crippen LogP contribution in [0.15, 0.2) is 6.33 Å². The number of anilines is 2. The number of nitrogens with zero attached hydrogens (tertiary/aromatic N) is 3. The summed E-state index contributed by atoms with van der Waals surface area (Å²) in [7, 11) is 1.34. The van der Waals surface area contributed by atoms with Crippen LogP contribution in [-0.2, 0) is 6.42 Å². The van der Waals surface area contributed by atoms with Crippen molar-refractivity contribution in [1.82, 2.24) is 9.97 Å². The molecule has 2 N–H and O–H groups in total. The SMILES string of the molecule is CCCc1c(N)ncnc1N(C)CC(F)(F)F. The van der Waals surface area contributed by atoms with Crippen LogP contribution in [0.1, 0.15) is 18.9 Å². The lowest BCUT2D eigenvalue weighted by atomic mass is 10.1. The predicted molar refractivity (Wildman–Crippen MR) is 59.8 cm³/mol. The molecule has 0 saturated heterocycles. The molecule has 96 valence electrons. The fourth-order valence-corrected chi connectivity index (χ4v) is 1.58. The van der Waals surface area contributed by atoms with Crippen LogP contribution < -0.4 is 10.6 Å². The molecule has 1 rings (SSSR count). The van der Waals surface area contributed by atoms with Gasteiger partial charge in [0.2, 0.25) is 0 Å². The van der Waals surface area contributed by atoms with E-state index in [2.05, 4.69) is 9.97 Å². The minimum Gasteiger partial charge on any atom is -0.383 e. The van der Waals surface area contributed by atoms with Crippen LogP contribution in [-0.4, -0.2) is 29.7 Å². The van der Waals surface area contributed by atoms with Crippen LogP contribution in [0.4, 0.5) is 24.8 Å². The van der Waals surface area contributed by atoms with Gasteiger partial charge in [0.25, 0.3) is 0 Å². The third kappa shape index (κ3) is 3.76. The number of alkyl halides is 3. The molecule has 0 aromatic carbocycles. The van der Waals surface area contributed by atoms with Crippen molar-refractivity contribution in [1.29, 1.82) is 0 Å². The van der Waals surface area contributed by atoms with E-state index >= 15 is 0 Å². The molecule has 4 nitrogen and oxygen atoms in total. The lowest BCUT2D eigenvalue weighted by Crippen LogP contribution is -2.32. The van der Waals surface area contributed by atoms with Crippen molar-refractivity contribution in [2.75, 3.05) is 24.2 Å². The summed E-state index contributed by atoms with van der Waals surface area (Å²) in [6.07, 6.45) is -1.76. The van der Waals surface area contributed by atoms with E-state index in [1.54, 1.807) is 0 Å². The summed E-state index contributed by atoms with van der Waals surface area (Å²) in [5.74, 6) is 0.488. The van der Waals surface area contributed by atoms with Gasteiger partial charge >= 0.3 is 6.18 Å². The standard InChI is InChI=1S/C10H15F3N4/c1-3-4-7-8(14)15-6-16-9(7)17(2)5-10(11,12)13/h6H,3-5H2,1-2H3,(H2,14,15,16). The van der Waals surface area contributed by atoms with Crippen molar-refractivity contribution >= 4 is 11.6 Å². The third-order valence-corrected chi connectivity index (χ3v) is 2.23. The van der Waals surface area contributed by atoms with Gasteiger partial charge in [-0.15, -0.1) is 0 Å². The maximum Gasteiger partial charge on any atom is 0.405 e. The monoisotopic (exact) mass is 248 g/mol. The first-order chi connectivity index (χ1) is 7.85. The van der Waals surface area contributed by atoms with Gasteiger partial charge < -0.3 is 10.6 Å². The highest BCUT2D eigenvalue weighted by molar-refractivity contribution is 5.56. The number of hydrogen-bond donors (Lipinski definition) is 1. The molecule has 0 bridgehead atoms. The summed E-state index contributed by atoms with van der Waals surface area (Å²) in [6, 6.07) is 0. The molecular formula is C10H15F3N4. The van der Waals surface area contributed by atoms with E-state index in [0.29, 0.717) is 12.0 Å². The highest BCUT2D eigenvalue weighted by Gasteiger charge is 2.30. The second-order valence-electron chi connectivity index (χ2n) is 3.78. The number of aromatic nitrogens is 2. The van der Waals surface area contributed by atoms with Crippen LogP contribution in [0.25, 0.3) is 0 Å². The number of hydrogen-bond acceptors (Lipinski definition) is 4. The fraction of sp³-hybridized carbons (Fsp3) is 0.600. The van der Waals surface area contributed by atoms with Crippen molar-refractivity contribution in [3.05, 3.63) is 11.9 Å². The zero-order chi connectivity index (χ0) is 13.1. The molecule has 0 aliphatic heterocycles. The molecular weight excluding hydrogens is 233 g/mol. The van der Waals surface area contributed by atoms with E-state index in [1.165, 1.54) is 13.4 Å². The second kappa shape index (κ2) is 5.20. The van der Waals surface area contributed by atoms with Gasteiger partial charge in [-0.3, -0.25) is 0 Å². The van der Waals surface area contributed by atoms with Gasteiger partial charge in [0.15, 0.2) is 0 Å². The van der Waals surface area contributed by atoms with Crippen LogP contribution in [0.2, 0.25) is 0 Å². The van der Waals surface area contributed by atoms with Crippen molar-refractivity contribution in [2.24, 2.45) is 0 Å². The number of nitrogens with two attached hydrogens (primary N) is 1. The van der Waals surface area contributed by atoms with E-state index in [9.17, 15) is 13.2 Å². The lowest BCUT2D eigenvalue weighted by Gasteiger charge is -2.22. The molecule has 7 heteroatoms. The highest BCUT2D eigenvalue weighted by atomic mass is 19.4. The predicted octanol–water partition coefficient (Wildman–Crippen LogP) is 2.01. The Morgan fingerprint density at radius 2 is 2.00 bits per heavy atom. The summed E-state index contributed by atoms with van der Waals surface area (Å²) < 4.78 is 36.9. The fourth-order valence-electron chi connectivity index (χ4n) is 1.58. The summed E-state index contributed by atoms with van der Waals surface area (Å²) in [5, 5.41) is 0. The zero-order valence-electron chi connectivity index (χ0n) is 9.75. The Labute approximate surface area is 97.7 Å². The summed E-state index contributed by atoms with van der Waals surface area (Å²) in [6.45, 7) is 0.861. The van der Waals surface area contributed by atoms with Gasteiger partial charge in [-0.25, -0.2) is 9.97 Å². The molecule has 0 unspecified atom stereocenters. The molecule has 0 aliphatic rings. The molecule has 1 aromatic heterocycles. The van der Waals surface area contributed by atoms with Crippen LogP contribution in [0.3, 0.4) is 0 Å². The molecule has 1 aromatic rings. The molecule has 0 fully saturated rings. The molecule has 0 atom stereocenters. The van der Waals surface area contributed by atoms with E-state index in [0.717, 1.165) is 11.3 Å². The van der Waals surface area contributed by atoms with Crippen LogP contribution in [0.5, 0.6) is 0 Å². The zero-order valence-corrected chi connectivity index (χ0v) is 9.75. The van der Waals surface area contributed by atoms with Crippen molar-refractivity contribution in [3.8, 4) is 0 Å². The topological polar surface area (TPSA) is 55.0 Å². The molecule has 0 spiro atoms. The van der Waals surface area contributed by atoms with E-state index < -0.39 is 12.7 Å². The average Bonchev–Trinajstić information content (AvgIpc) is 2.18. The quantitative estimate of drug-likeness (QED) is 0.885. The minimum atomic E-state index is -4.27. The Kier molecular flexibility index (Phi) is 4.14. The van der Waals surface area contributed by atoms with E-state index in [1.807, 2.05) is 6.92 Å². The van der Waals surface area contributed by atoms with Gasteiger partial charge in [0, 0.05) is 12.6 Å². The van der Waals surface area contributed by atoms with Gasteiger partial charge in [-0.05, 0) is 6.42 Å². The minimum absolute atomic E-state index is 0.242. The van der Waals surface area contributed by atoms with Crippen LogP contribution >= 0.6 is 0 Å². The molecule has 0 radical (unpaired) electrons. The summed E-state index contributed by atoms with van der Waals surface area (Å²) in [4.78, 5) is 8.72. The maximum absolute atomic E-state index is 12.3. The molecule has 0 amide bonds. The van der Waals surface area contributed by atoms with Gasteiger partial charge in [-0.1, -0.05) is 13.3 Å². The Morgan fingerprint density at radius 3 is 2.53 bits per heavy atom. The van der Waals surface area contributed by atoms with Crippen molar-refractivity contribution in [3.63, 3.8) is 0 Å². The van der Waals surface area contributed by atoms with Crippen molar-refractivity contribution in [2.45, 2.75) is 25.9 Å². The highest BCUT2D eigenvalue weighted by Crippen LogP contribution is 2.25. The molecule has 1 heterocycles. The number of rotatable bonds is 4. The van der Waals surface area contributed by atoms with E-state index in [4.69, 9.17) is 5.73 Å². The average molecular weight is 248 g/mol. The Hall–Kier alpha value is -1.53. The Bertz CT molecular complexity index is 378. The maximum atomic E-state index is 12.3. The first-order valence-electron chi connectivity index (χ1n) is 5.22. The Morgan fingerprint density at radius 1 is 1.35 bits per heavy atom. The molecule has 0 saturated carbocycles. The first-order valence-corrected chi connectivity index (χ1v) is 5.22. The van der Waals surface area contributed by atoms with Gasteiger partial charge in [0.1, 0.15) is 24.5 Å². The summed E-state index contributed by atoms with van der Waals surface area (Å²) >= 11 is 0. The Balaban J connectivity index is 3.00. The van der Waals surface area contributed by atoms with Crippen molar-refractivity contribution < 1.29 is 13.2 Å². The molecule has 17 heavy (non-hydrogen) atoms. The van der Waals surface area contributed by atoms with Gasteiger partial charge in [-0.2, -0.15) is 13.2 Å². The first kappa shape index (κ1) is 13.5. The lowest BCUT2D eigenvalue weighted by molar-refractivity contribution is -0.119. The number of nitrogen functional groups attached to an aromatic ring is 1. The smallest absolute Gasteiger partial charge is 0.383 e. The number of halogens is 3. The van der Waals surface area contributed by atoms with E-state index in [-0.39, 0.29) is 11.6 Å². The second-order valence-corrected chi connectivity index (χ2v) is 3.78.